The Morgan fingerprint density at radius 1 is 1.07 bits per heavy atom. The molecular weight excluding hydrogens is 380 g/mol. The summed E-state index contributed by atoms with van der Waals surface area (Å²) in [5, 5.41) is 9.48. The normalized spacial score (nSPS) is 15.6. The molecular formula is C24H30N2O4. The van der Waals surface area contributed by atoms with Crippen LogP contribution in [0.5, 0.6) is 11.5 Å². The maximum Gasteiger partial charge on any atom is 0.271 e. The van der Waals surface area contributed by atoms with Gasteiger partial charge in [-0.2, -0.15) is 5.26 Å². The maximum absolute atomic E-state index is 13.0. The average molecular weight is 411 g/mol. The van der Waals surface area contributed by atoms with E-state index in [1.54, 1.807) is 26.2 Å². The van der Waals surface area contributed by atoms with Crippen molar-refractivity contribution in [1.82, 2.24) is 4.90 Å². The molecule has 6 heteroatoms. The van der Waals surface area contributed by atoms with Crippen LogP contribution in [0.25, 0.3) is 6.08 Å². The largest absolute Gasteiger partial charge is 0.493 e. The molecule has 6 nitrogen and oxygen atoms in total. The van der Waals surface area contributed by atoms with Gasteiger partial charge in [-0.05, 0) is 49.1 Å². The third-order valence-corrected chi connectivity index (χ3v) is 5.06. The fourth-order valence-corrected chi connectivity index (χ4v) is 3.24. The standard InChI is InChI=1S/C24H30N2O4/c1-5-7-9-12-26-23(27)19(17(3)20(16-25)24(26)28)14-18-10-11-21(22(15-18)29-4)30-13-8-6-2/h10-11,14-15H,5-9,12-13H2,1-4H3/b19-14+. The summed E-state index contributed by atoms with van der Waals surface area (Å²) in [5.41, 5.74) is 1.51. The van der Waals surface area contributed by atoms with Gasteiger partial charge in [-0.1, -0.05) is 39.2 Å². The Hall–Kier alpha value is -3.07. The Labute approximate surface area is 178 Å². The second-order valence-corrected chi connectivity index (χ2v) is 7.25. The minimum Gasteiger partial charge on any atom is -0.493 e. The van der Waals surface area contributed by atoms with Crippen LogP contribution in [0.3, 0.4) is 0 Å². The van der Waals surface area contributed by atoms with Gasteiger partial charge in [-0.15, -0.1) is 0 Å². The van der Waals surface area contributed by atoms with Crippen LogP contribution >= 0.6 is 0 Å². The molecule has 2 rings (SSSR count). The summed E-state index contributed by atoms with van der Waals surface area (Å²) >= 11 is 0. The van der Waals surface area contributed by atoms with Gasteiger partial charge in [0.25, 0.3) is 11.8 Å². The second kappa shape index (κ2) is 11.2. The van der Waals surface area contributed by atoms with E-state index in [2.05, 4.69) is 13.8 Å². The van der Waals surface area contributed by atoms with Crippen molar-refractivity contribution >= 4 is 17.9 Å². The zero-order valence-electron chi connectivity index (χ0n) is 18.3. The molecule has 0 unspecified atom stereocenters. The van der Waals surface area contributed by atoms with Crippen LogP contribution in [0.4, 0.5) is 0 Å². The van der Waals surface area contributed by atoms with Gasteiger partial charge in [0, 0.05) is 12.1 Å². The number of carbonyl (C=O) groups is 2. The number of nitrogens with zero attached hydrogens (tertiary/aromatic N) is 2. The van der Waals surface area contributed by atoms with E-state index in [-0.39, 0.29) is 11.5 Å². The first-order chi connectivity index (χ1) is 14.5. The maximum atomic E-state index is 13.0. The summed E-state index contributed by atoms with van der Waals surface area (Å²) in [6.07, 6.45) is 6.30. The summed E-state index contributed by atoms with van der Waals surface area (Å²) in [5.74, 6) is 0.339. The first-order valence-corrected chi connectivity index (χ1v) is 10.5. The van der Waals surface area contributed by atoms with Crippen LogP contribution in [-0.4, -0.2) is 37.0 Å². The fraction of sp³-hybridized carbons (Fsp3) is 0.458. The summed E-state index contributed by atoms with van der Waals surface area (Å²) in [7, 11) is 1.57. The number of unbranched alkanes of at least 4 members (excludes halogenated alkanes) is 3. The molecule has 0 radical (unpaired) electrons. The van der Waals surface area contributed by atoms with E-state index in [0.717, 1.165) is 37.7 Å². The van der Waals surface area contributed by atoms with Gasteiger partial charge in [0.15, 0.2) is 11.5 Å². The summed E-state index contributed by atoms with van der Waals surface area (Å²) in [4.78, 5) is 26.8. The molecule has 1 aromatic rings. The second-order valence-electron chi connectivity index (χ2n) is 7.25. The van der Waals surface area contributed by atoms with Gasteiger partial charge in [0.05, 0.1) is 13.7 Å². The highest BCUT2D eigenvalue weighted by molar-refractivity contribution is 6.19. The molecule has 30 heavy (non-hydrogen) atoms. The molecule has 0 aliphatic carbocycles. The van der Waals surface area contributed by atoms with Gasteiger partial charge in [0.1, 0.15) is 11.6 Å². The van der Waals surface area contributed by atoms with Gasteiger partial charge in [-0.25, -0.2) is 0 Å². The van der Waals surface area contributed by atoms with Gasteiger partial charge in [-0.3, -0.25) is 14.5 Å². The van der Waals surface area contributed by atoms with Gasteiger partial charge >= 0.3 is 0 Å². The highest BCUT2D eigenvalue weighted by Gasteiger charge is 2.35. The van der Waals surface area contributed by atoms with E-state index in [0.29, 0.717) is 35.8 Å². The van der Waals surface area contributed by atoms with Crippen molar-refractivity contribution in [2.75, 3.05) is 20.3 Å². The predicted molar refractivity (Wildman–Crippen MR) is 116 cm³/mol. The molecule has 0 aromatic heterocycles. The molecule has 0 atom stereocenters. The van der Waals surface area contributed by atoms with Crippen LogP contribution in [0.15, 0.2) is 34.9 Å². The number of hydrogen-bond donors (Lipinski definition) is 0. The van der Waals surface area contributed by atoms with Crippen molar-refractivity contribution in [1.29, 1.82) is 5.26 Å². The number of hydrogen-bond acceptors (Lipinski definition) is 5. The van der Waals surface area contributed by atoms with E-state index >= 15 is 0 Å². The van der Waals surface area contributed by atoms with Crippen LogP contribution in [-0.2, 0) is 9.59 Å². The minimum atomic E-state index is -0.509. The van der Waals surface area contributed by atoms with E-state index in [9.17, 15) is 14.9 Å². The summed E-state index contributed by atoms with van der Waals surface area (Å²) in [6, 6.07) is 7.40. The van der Waals surface area contributed by atoms with Crippen molar-refractivity contribution in [2.45, 2.75) is 52.9 Å². The lowest BCUT2D eigenvalue weighted by molar-refractivity contribution is -0.140. The molecule has 0 fully saturated rings. The third-order valence-electron chi connectivity index (χ3n) is 5.06. The number of nitriles is 1. The molecule has 0 N–H and O–H groups in total. The Morgan fingerprint density at radius 3 is 2.43 bits per heavy atom. The lowest BCUT2D eigenvalue weighted by atomic mass is 9.93. The molecule has 0 spiro atoms. The van der Waals surface area contributed by atoms with E-state index < -0.39 is 5.91 Å². The van der Waals surface area contributed by atoms with Crippen molar-refractivity contribution in [3.8, 4) is 17.6 Å². The van der Waals surface area contributed by atoms with E-state index in [4.69, 9.17) is 9.47 Å². The number of ether oxygens (including phenoxy) is 2. The topological polar surface area (TPSA) is 79.6 Å². The lowest BCUT2D eigenvalue weighted by Gasteiger charge is -2.27. The zero-order valence-corrected chi connectivity index (χ0v) is 18.3. The first kappa shape index (κ1) is 23.2. The number of carbonyl (C=O) groups excluding carboxylic acids is 2. The Balaban J connectivity index is 2.39. The molecule has 2 amide bonds. The number of imide groups is 1. The number of methoxy groups -OCH3 is 1. The van der Waals surface area contributed by atoms with Crippen LogP contribution in [0, 0.1) is 11.3 Å². The van der Waals surface area contributed by atoms with Crippen molar-refractivity contribution in [3.05, 3.63) is 40.5 Å². The smallest absolute Gasteiger partial charge is 0.271 e. The molecule has 1 aliphatic rings. The molecule has 1 aliphatic heterocycles. The highest BCUT2D eigenvalue weighted by Crippen LogP contribution is 2.32. The van der Waals surface area contributed by atoms with Crippen molar-refractivity contribution in [2.24, 2.45) is 0 Å². The predicted octanol–water partition coefficient (Wildman–Crippen LogP) is 4.66. The summed E-state index contributed by atoms with van der Waals surface area (Å²) < 4.78 is 11.2. The Morgan fingerprint density at radius 2 is 1.80 bits per heavy atom. The molecule has 1 aromatic carbocycles. The fourth-order valence-electron chi connectivity index (χ4n) is 3.24. The van der Waals surface area contributed by atoms with Gasteiger partial charge in [0.2, 0.25) is 0 Å². The van der Waals surface area contributed by atoms with Crippen molar-refractivity contribution < 1.29 is 19.1 Å². The van der Waals surface area contributed by atoms with Crippen LogP contribution in [0.1, 0.15) is 58.4 Å². The number of amides is 2. The Kier molecular flexibility index (Phi) is 8.67. The molecule has 0 saturated heterocycles. The number of rotatable bonds is 10. The first-order valence-electron chi connectivity index (χ1n) is 10.5. The van der Waals surface area contributed by atoms with Crippen molar-refractivity contribution in [3.63, 3.8) is 0 Å². The zero-order chi connectivity index (χ0) is 22.1. The third kappa shape index (κ3) is 5.29. The van der Waals surface area contributed by atoms with E-state index in [1.165, 1.54) is 4.90 Å². The van der Waals surface area contributed by atoms with Gasteiger partial charge < -0.3 is 9.47 Å². The SMILES string of the molecule is CCCCCN1C(=O)C(C#N)=C(C)/C(=C\c2ccc(OCCCC)c(OC)c2)C1=O. The number of benzene rings is 1. The molecule has 0 saturated carbocycles. The Bertz CT molecular complexity index is 893. The van der Waals surface area contributed by atoms with Crippen LogP contribution < -0.4 is 9.47 Å². The average Bonchev–Trinajstić information content (AvgIpc) is 2.75. The lowest BCUT2D eigenvalue weighted by Crippen LogP contribution is -2.43. The van der Waals surface area contributed by atoms with Crippen LogP contribution in [0.2, 0.25) is 0 Å². The molecule has 1 heterocycles. The quantitative estimate of drug-likeness (QED) is 0.318. The van der Waals surface area contributed by atoms with E-state index in [1.807, 2.05) is 18.2 Å². The summed E-state index contributed by atoms with van der Waals surface area (Å²) in [6.45, 7) is 6.71. The molecule has 160 valence electrons. The highest BCUT2D eigenvalue weighted by atomic mass is 16.5. The molecule has 0 bridgehead atoms. The monoisotopic (exact) mass is 410 g/mol. The minimum absolute atomic E-state index is 0.0174.